The second kappa shape index (κ2) is 7.78. The van der Waals surface area contributed by atoms with Crippen molar-refractivity contribution < 1.29 is 24.2 Å². The minimum atomic E-state index is -0.876. The first kappa shape index (κ1) is 16.4. The fourth-order valence-corrected chi connectivity index (χ4v) is 2.56. The number of carboxylic acids is 1. The predicted molar refractivity (Wildman–Crippen MR) is 74.4 cm³/mol. The summed E-state index contributed by atoms with van der Waals surface area (Å²) in [6.45, 7) is 3.86. The van der Waals surface area contributed by atoms with E-state index in [-0.39, 0.29) is 30.9 Å². The summed E-state index contributed by atoms with van der Waals surface area (Å²) < 4.78 is 4.93. The number of rotatable bonds is 7. The molecule has 0 fully saturated rings. The Bertz CT molecular complexity index is 436. The molecule has 1 aliphatic heterocycles. The molecule has 0 aromatic carbocycles. The topological polar surface area (TPSA) is 105 Å². The number of thioether (sulfide) groups is 1. The number of amides is 2. The molecule has 1 heterocycles. The first-order valence-corrected chi connectivity index (χ1v) is 7.26. The van der Waals surface area contributed by atoms with Gasteiger partial charge in [0.15, 0.2) is 0 Å². The van der Waals surface area contributed by atoms with E-state index in [1.54, 1.807) is 13.8 Å². The number of esters is 1. The van der Waals surface area contributed by atoms with Gasteiger partial charge in [0.05, 0.1) is 25.1 Å². The summed E-state index contributed by atoms with van der Waals surface area (Å²) in [6.07, 6.45) is 0.0267. The van der Waals surface area contributed by atoms with Gasteiger partial charge >= 0.3 is 18.0 Å². The molecule has 1 atom stereocenters. The van der Waals surface area contributed by atoms with E-state index >= 15 is 0 Å². The minimum absolute atomic E-state index is 0.0267. The summed E-state index contributed by atoms with van der Waals surface area (Å²) in [5.41, 5.74) is 0.857. The van der Waals surface area contributed by atoms with E-state index in [0.717, 1.165) is 0 Å². The summed E-state index contributed by atoms with van der Waals surface area (Å²) in [6, 6.07) is -0.375. The quantitative estimate of drug-likeness (QED) is 0.598. The molecule has 20 heavy (non-hydrogen) atoms. The van der Waals surface area contributed by atoms with Gasteiger partial charge in [-0.2, -0.15) is 11.8 Å². The van der Waals surface area contributed by atoms with Crippen LogP contribution in [0.4, 0.5) is 4.79 Å². The van der Waals surface area contributed by atoms with E-state index in [1.807, 2.05) is 0 Å². The van der Waals surface area contributed by atoms with Gasteiger partial charge in [0.25, 0.3) is 0 Å². The molecule has 1 rings (SSSR count). The van der Waals surface area contributed by atoms with Crippen LogP contribution < -0.4 is 10.6 Å². The zero-order valence-corrected chi connectivity index (χ0v) is 12.2. The third-order valence-electron chi connectivity index (χ3n) is 2.55. The molecule has 112 valence electrons. The van der Waals surface area contributed by atoms with Crippen molar-refractivity contribution in [1.82, 2.24) is 10.6 Å². The monoisotopic (exact) mass is 302 g/mol. The van der Waals surface area contributed by atoms with Crippen molar-refractivity contribution in [3.8, 4) is 0 Å². The summed E-state index contributed by atoms with van der Waals surface area (Å²) in [5.74, 6) is -0.990. The number of carbonyl (C=O) groups excluding carboxylic acids is 2. The lowest BCUT2D eigenvalue weighted by molar-refractivity contribution is -0.139. The molecule has 1 unspecified atom stereocenters. The number of nitrogens with one attached hydrogen (secondary N) is 2. The second-order valence-corrected chi connectivity index (χ2v) is 5.63. The predicted octanol–water partition coefficient (Wildman–Crippen LogP) is 0.713. The maximum absolute atomic E-state index is 11.8. The SMILES string of the molecule is CCOC(=O)C1=C(CSC(C)CC(=O)O)NC(=O)NC1. The molecule has 8 heteroatoms. The van der Waals surface area contributed by atoms with E-state index in [1.165, 1.54) is 11.8 Å². The van der Waals surface area contributed by atoms with Crippen molar-refractivity contribution in [2.75, 3.05) is 18.9 Å². The molecule has 0 spiro atoms. The van der Waals surface area contributed by atoms with Gasteiger partial charge < -0.3 is 20.5 Å². The standard InChI is InChI=1S/C12H18N2O5S/c1-3-19-11(17)8-5-13-12(18)14-9(8)6-20-7(2)4-10(15)16/h7H,3-6H2,1-2H3,(H,15,16)(H2,13,14,18). The molecule has 0 radical (unpaired) electrons. The van der Waals surface area contributed by atoms with Crippen molar-refractivity contribution in [2.24, 2.45) is 0 Å². The third-order valence-corrected chi connectivity index (χ3v) is 3.74. The number of urea groups is 1. The summed E-state index contributed by atoms with van der Waals surface area (Å²) in [4.78, 5) is 33.7. The lowest BCUT2D eigenvalue weighted by Crippen LogP contribution is -2.44. The van der Waals surface area contributed by atoms with Gasteiger partial charge in [0.2, 0.25) is 0 Å². The normalized spacial score (nSPS) is 16.2. The zero-order chi connectivity index (χ0) is 15.1. The third kappa shape index (κ3) is 5.12. The van der Waals surface area contributed by atoms with E-state index in [2.05, 4.69) is 10.6 Å². The molecule has 3 N–H and O–H groups in total. The molecular formula is C12H18N2O5S. The summed E-state index contributed by atoms with van der Waals surface area (Å²) >= 11 is 1.36. The van der Waals surface area contributed by atoms with Crippen LogP contribution >= 0.6 is 11.8 Å². The van der Waals surface area contributed by atoms with Crippen molar-refractivity contribution in [1.29, 1.82) is 0 Å². The Hall–Kier alpha value is -1.70. The minimum Gasteiger partial charge on any atom is -0.481 e. The second-order valence-electron chi connectivity index (χ2n) is 4.20. The van der Waals surface area contributed by atoms with Gasteiger partial charge in [0, 0.05) is 16.7 Å². The Labute approximate surface area is 121 Å². The molecule has 0 aliphatic carbocycles. The molecular weight excluding hydrogens is 284 g/mol. The molecule has 7 nitrogen and oxygen atoms in total. The highest BCUT2D eigenvalue weighted by Crippen LogP contribution is 2.19. The van der Waals surface area contributed by atoms with Gasteiger partial charge in [-0.05, 0) is 6.92 Å². The molecule has 0 bridgehead atoms. The van der Waals surface area contributed by atoms with Gasteiger partial charge in [-0.15, -0.1) is 0 Å². The van der Waals surface area contributed by atoms with E-state index < -0.39 is 11.9 Å². The largest absolute Gasteiger partial charge is 0.481 e. The molecule has 1 aliphatic rings. The van der Waals surface area contributed by atoms with Crippen LogP contribution in [0.3, 0.4) is 0 Å². The van der Waals surface area contributed by atoms with Gasteiger partial charge in [0.1, 0.15) is 0 Å². The van der Waals surface area contributed by atoms with Gasteiger partial charge in [-0.1, -0.05) is 6.92 Å². The number of hydrogen-bond acceptors (Lipinski definition) is 5. The fourth-order valence-electron chi connectivity index (χ4n) is 1.60. The number of carboxylic acid groups (broad SMARTS) is 1. The van der Waals surface area contributed by atoms with Crippen molar-refractivity contribution in [3.05, 3.63) is 11.3 Å². The van der Waals surface area contributed by atoms with Crippen LogP contribution in [0.1, 0.15) is 20.3 Å². The van der Waals surface area contributed by atoms with Crippen molar-refractivity contribution >= 4 is 29.7 Å². The molecule has 0 aromatic heterocycles. The highest BCUT2D eigenvalue weighted by Gasteiger charge is 2.24. The van der Waals surface area contributed by atoms with Gasteiger partial charge in [-0.25, -0.2) is 9.59 Å². The Kier molecular flexibility index (Phi) is 6.37. The maximum atomic E-state index is 11.8. The average molecular weight is 302 g/mol. The number of ether oxygens (including phenoxy) is 1. The number of hydrogen-bond donors (Lipinski definition) is 3. The van der Waals surface area contributed by atoms with E-state index in [4.69, 9.17) is 9.84 Å². The molecule has 0 saturated carbocycles. The maximum Gasteiger partial charge on any atom is 0.337 e. The fraction of sp³-hybridized carbons (Fsp3) is 0.583. The molecule has 0 saturated heterocycles. The van der Waals surface area contributed by atoms with Crippen LogP contribution in [-0.2, 0) is 14.3 Å². The van der Waals surface area contributed by atoms with Crippen LogP contribution in [0, 0.1) is 0 Å². The zero-order valence-electron chi connectivity index (χ0n) is 11.4. The van der Waals surface area contributed by atoms with Crippen molar-refractivity contribution in [3.63, 3.8) is 0 Å². The van der Waals surface area contributed by atoms with E-state index in [0.29, 0.717) is 17.0 Å². The van der Waals surface area contributed by atoms with Crippen LogP contribution in [-0.4, -0.2) is 47.2 Å². The lowest BCUT2D eigenvalue weighted by Gasteiger charge is -2.22. The number of aliphatic carboxylic acids is 1. The first-order valence-electron chi connectivity index (χ1n) is 6.21. The Morgan fingerprint density at radius 3 is 2.80 bits per heavy atom. The molecule has 2 amide bonds. The lowest BCUT2D eigenvalue weighted by atomic mass is 10.2. The Morgan fingerprint density at radius 1 is 1.50 bits per heavy atom. The smallest absolute Gasteiger partial charge is 0.337 e. The van der Waals surface area contributed by atoms with Crippen LogP contribution in [0.5, 0.6) is 0 Å². The Morgan fingerprint density at radius 2 is 2.20 bits per heavy atom. The van der Waals surface area contributed by atoms with E-state index in [9.17, 15) is 14.4 Å². The van der Waals surface area contributed by atoms with Crippen LogP contribution in [0.15, 0.2) is 11.3 Å². The van der Waals surface area contributed by atoms with Gasteiger partial charge in [-0.3, -0.25) is 4.79 Å². The van der Waals surface area contributed by atoms with Crippen molar-refractivity contribution in [2.45, 2.75) is 25.5 Å². The number of carbonyl (C=O) groups is 3. The first-order chi connectivity index (χ1) is 9.43. The average Bonchev–Trinajstić information content (AvgIpc) is 2.36. The highest BCUT2D eigenvalue weighted by atomic mass is 32.2. The van der Waals surface area contributed by atoms with Crippen LogP contribution in [0.25, 0.3) is 0 Å². The summed E-state index contributed by atoms with van der Waals surface area (Å²) in [5, 5.41) is 13.7. The molecule has 0 aromatic rings. The highest BCUT2D eigenvalue weighted by molar-refractivity contribution is 8.00. The summed E-state index contributed by atoms with van der Waals surface area (Å²) in [7, 11) is 0. The Balaban J connectivity index is 2.70. The van der Waals surface area contributed by atoms with Crippen LogP contribution in [0.2, 0.25) is 0 Å².